The van der Waals surface area contributed by atoms with Gasteiger partial charge in [0, 0.05) is 12.1 Å². The zero-order valence-electron chi connectivity index (χ0n) is 12.4. The van der Waals surface area contributed by atoms with Gasteiger partial charge in [-0.1, -0.05) is 38.5 Å². The quantitative estimate of drug-likeness (QED) is 0.744. The Kier molecular flexibility index (Phi) is 7.53. The van der Waals surface area contributed by atoms with Crippen molar-refractivity contribution in [3.63, 3.8) is 0 Å². The van der Waals surface area contributed by atoms with Gasteiger partial charge in [-0.25, -0.2) is 0 Å². The van der Waals surface area contributed by atoms with Gasteiger partial charge >= 0.3 is 0 Å². The summed E-state index contributed by atoms with van der Waals surface area (Å²) in [7, 11) is 0. The summed E-state index contributed by atoms with van der Waals surface area (Å²) in [6, 6.07) is 7.76. The molecule has 1 rings (SSSR count). The largest absolute Gasteiger partial charge is 0.493 e. The minimum Gasteiger partial charge on any atom is -0.493 e. The molecule has 0 spiro atoms. The Balaban J connectivity index is 2.67. The van der Waals surface area contributed by atoms with Gasteiger partial charge in [0.25, 0.3) is 0 Å². The van der Waals surface area contributed by atoms with Crippen LogP contribution in [-0.4, -0.2) is 36.2 Å². The van der Waals surface area contributed by atoms with Crippen molar-refractivity contribution < 1.29 is 9.84 Å². The first-order valence-corrected chi connectivity index (χ1v) is 7.35. The van der Waals surface area contributed by atoms with E-state index in [0.29, 0.717) is 13.2 Å². The van der Waals surface area contributed by atoms with E-state index in [1.165, 1.54) is 12.8 Å². The average Bonchev–Trinajstić information content (AvgIpc) is 2.44. The topological polar surface area (TPSA) is 32.7 Å². The molecule has 0 aliphatic heterocycles. The van der Waals surface area contributed by atoms with Gasteiger partial charge in [0.1, 0.15) is 5.75 Å². The van der Waals surface area contributed by atoms with Gasteiger partial charge in [0.15, 0.2) is 0 Å². The van der Waals surface area contributed by atoms with Crippen LogP contribution in [-0.2, 0) is 0 Å². The number of ether oxygens (including phenoxy) is 1. The third-order valence-electron chi connectivity index (χ3n) is 3.28. The average molecular weight is 265 g/mol. The van der Waals surface area contributed by atoms with Crippen molar-refractivity contribution in [3.05, 3.63) is 29.8 Å². The van der Waals surface area contributed by atoms with Crippen LogP contribution in [0.2, 0.25) is 0 Å². The second-order valence-corrected chi connectivity index (χ2v) is 4.73. The number of nitrogens with zero attached hydrogens (tertiary/aromatic N) is 1. The third kappa shape index (κ3) is 5.21. The summed E-state index contributed by atoms with van der Waals surface area (Å²) in [5.74, 6) is 0.795. The fourth-order valence-electron chi connectivity index (χ4n) is 2.15. The highest BCUT2D eigenvalue weighted by Gasteiger charge is 2.15. The standard InChI is InChI=1S/C16H27NO2/c1-4-7-12-17(5-2)13-15(18)14-10-8-9-11-16(14)19-6-3/h8-11,15,18H,4-7,12-13H2,1-3H3. The first-order valence-electron chi connectivity index (χ1n) is 7.35. The summed E-state index contributed by atoms with van der Waals surface area (Å²) in [6.45, 7) is 9.58. The van der Waals surface area contributed by atoms with Gasteiger partial charge in [-0.05, 0) is 32.5 Å². The lowest BCUT2D eigenvalue weighted by atomic mass is 10.1. The molecule has 1 N–H and O–H groups in total. The summed E-state index contributed by atoms with van der Waals surface area (Å²) in [6.07, 6.45) is 1.87. The molecule has 0 fully saturated rings. The van der Waals surface area contributed by atoms with Gasteiger partial charge in [-0.15, -0.1) is 0 Å². The smallest absolute Gasteiger partial charge is 0.125 e. The second-order valence-electron chi connectivity index (χ2n) is 4.73. The Morgan fingerprint density at radius 2 is 1.95 bits per heavy atom. The van der Waals surface area contributed by atoms with Crippen LogP contribution in [0.25, 0.3) is 0 Å². The predicted molar refractivity (Wildman–Crippen MR) is 79.6 cm³/mol. The maximum Gasteiger partial charge on any atom is 0.125 e. The number of hydrogen-bond acceptors (Lipinski definition) is 3. The van der Waals surface area contributed by atoms with Crippen molar-refractivity contribution >= 4 is 0 Å². The Morgan fingerprint density at radius 3 is 2.58 bits per heavy atom. The first-order chi connectivity index (χ1) is 9.22. The molecule has 1 aromatic carbocycles. The van der Waals surface area contributed by atoms with E-state index >= 15 is 0 Å². The van der Waals surface area contributed by atoms with E-state index in [1.54, 1.807) is 0 Å². The Morgan fingerprint density at radius 1 is 1.21 bits per heavy atom. The number of hydrogen-bond donors (Lipinski definition) is 1. The predicted octanol–water partition coefficient (Wildman–Crippen LogP) is 3.24. The second kappa shape index (κ2) is 8.94. The third-order valence-corrected chi connectivity index (χ3v) is 3.28. The normalized spacial score (nSPS) is 12.7. The highest BCUT2D eigenvalue weighted by Crippen LogP contribution is 2.25. The molecule has 0 amide bonds. The fourth-order valence-corrected chi connectivity index (χ4v) is 2.15. The van der Waals surface area contributed by atoms with Crippen molar-refractivity contribution in [3.8, 4) is 5.75 Å². The van der Waals surface area contributed by atoms with E-state index in [-0.39, 0.29) is 0 Å². The molecule has 0 saturated heterocycles. The number of para-hydroxylation sites is 1. The number of aliphatic hydroxyl groups is 1. The lowest BCUT2D eigenvalue weighted by Crippen LogP contribution is -2.29. The Labute approximate surface area is 117 Å². The molecule has 0 radical (unpaired) electrons. The highest BCUT2D eigenvalue weighted by atomic mass is 16.5. The maximum absolute atomic E-state index is 10.4. The summed E-state index contributed by atoms with van der Waals surface area (Å²) in [5.41, 5.74) is 0.888. The molecule has 0 bridgehead atoms. The van der Waals surface area contributed by atoms with Crippen molar-refractivity contribution in [1.29, 1.82) is 0 Å². The molecule has 1 unspecified atom stereocenters. The van der Waals surface area contributed by atoms with Crippen molar-refractivity contribution in [2.24, 2.45) is 0 Å². The fraction of sp³-hybridized carbons (Fsp3) is 0.625. The highest BCUT2D eigenvalue weighted by molar-refractivity contribution is 5.35. The molecule has 1 atom stereocenters. The maximum atomic E-state index is 10.4. The lowest BCUT2D eigenvalue weighted by Gasteiger charge is -2.24. The van der Waals surface area contributed by atoms with Crippen LogP contribution in [0.1, 0.15) is 45.3 Å². The summed E-state index contributed by atoms with van der Waals surface area (Å²) >= 11 is 0. The van der Waals surface area contributed by atoms with E-state index in [9.17, 15) is 5.11 Å². The monoisotopic (exact) mass is 265 g/mol. The van der Waals surface area contributed by atoms with Crippen LogP contribution >= 0.6 is 0 Å². The number of rotatable bonds is 9. The number of unbranched alkanes of at least 4 members (excludes halogenated alkanes) is 1. The van der Waals surface area contributed by atoms with E-state index < -0.39 is 6.10 Å². The first kappa shape index (κ1) is 16.0. The van der Waals surface area contributed by atoms with Gasteiger partial charge < -0.3 is 14.7 Å². The zero-order valence-corrected chi connectivity index (χ0v) is 12.4. The SMILES string of the molecule is CCCCN(CC)CC(O)c1ccccc1OCC. The number of likely N-dealkylation sites (N-methyl/N-ethyl adjacent to an activating group) is 1. The molecule has 1 aromatic rings. The van der Waals surface area contributed by atoms with Gasteiger partial charge in [-0.2, -0.15) is 0 Å². The summed E-state index contributed by atoms with van der Waals surface area (Å²) in [4.78, 5) is 2.29. The van der Waals surface area contributed by atoms with Crippen LogP contribution in [0, 0.1) is 0 Å². The van der Waals surface area contributed by atoms with Crippen molar-refractivity contribution in [1.82, 2.24) is 4.90 Å². The van der Waals surface area contributed by atoms with Gasteiger partial charge in [0.05, 0.1) is 12.7 Å². The molecular formula is C16H27NO2. The number of benzene rings is 1. The molecule has 3 nitrogen and oxygen atoms in total. The molecular weight excluding hydrogens is 238 g/mol. The molecule has 108 valence electrons. The van der Waals surface area contributed by atoms with E-state index in [0.717, 1.165) is 24.4 Å². The number of aliphatic hydroxyl groups excluding tert-OH is 1. The summed E-state index contributed by atoms with van der Waals surface area (Å²) < 4.78 is 5.58. The van der Waals surface area contributed by atoms with Crippen LogP contribution in [0.3, 0.4) is 0 Å². The van der Waals surface area contributed by atoms with E-state index in [1.807, 2.05) is 31.2 Å². The van der Waals surface area contributed by atoms with Crippen LogP contribution in [0.5, 0.6) is 5.75 Å². The Bertz CT molecular complexity index is 354. The summed E-state index contributed by atoms with van der Waals surface area (Å²) in [5, 5.41) is 10.4. The molecule has 0 aromatic heterocycles. The van der Waals surface area contributed by atoms with E-state index in [4.69, 9.17) is 4.74 Å². The van der Waals surface area contributed by atoms with Crippen LogP contribution < -0.4 is 4.74 Å². The molecule has 0 aliphatic carbocycles. The van der Waals surface area contributed by atoms with Crippen molar-refractivity contribution in [2.75, 3.05) is 26.2 Å². The zero-order chi connectivity index (χ0) is 14.1. The van der Waals surface area contributed by atoms with Crippen LogP contribution in [0.15, 0.2) is 24.3 Å². The van der Waals surface area contributed by atoms with Gasteiger partial charge in [-0.3, -0.25) is 0 Å². The minimum atomic E-state index is -0.487. The van der Waals surface area contributed by atoms with Crippen LogP contribution in [0.4, 0.5) is 0 Å². The van der Waals surface area contributed by atoms with E-state index in [2.05, 4.69) is 18.7 Å². The molecule has 19 heavy (non-hydrogen) atoms. The molecule has 3 heteroatoms. The Hall–Kier alpha value is -1.06. The minimum absolute atomic E-state index is 0.487. The van der Waals surface area contributed by atoms with Gasteiger partial charge in [0.2, 0.25) is 0 Å². The molecule has 0 aliphatic rings. The lowest BCUT2D eigenvalue weighted by molar-refractivity contribution is 0.112. The molecule has 0 heterocycles. The van der Waals surface area contributed by atoms with Crippen molar-refractivity contribution in [2.45, 2.75) is 39.7 Å². The molecule has 0 saturated carbocycles.